The van der Waals surface area contributed by atoms with Crippen molar-refractivity contribution in [1.29, 1.82) is 0 Å². The minimum absolute atomic E-state index is 0.419. The van der Waals surface area contributed by atoms with Gasteiger partial charge < -0.3 is 42.7 Å². The summed E-state index contributed by atoms with van der Waals surface area (Å²) >= 11 is 0. The fourth-order valence-corrected chi connectivity index (χ4v) is 2.70. The highest BCUT2D eigenvalue weighted by atomic mass is 16.4. The van der Waals surface area contributed by atoms with E-state index in [9.17, 15) is 38.7 Å². The summed E-state index contributed by atoms with van der Waals surface area (Å²) in [6, 6.07) is -5.68. The number of carboxylic acid groups (broad SMARTS) is 3. The Balaban J connectivity index is 5.52. The summed E-state index contributed by atoms with van der Waals surface area (Å²) in [4.78, 5) is 81.5. The zero-order valence-electron chi connectivity index (χ0n) is 18.8. The molecule has 0 bridgehead atoms. The summed E-state index contributed by atoms with van der Waals surface area (Å²) < 4.78 is 0. The smallest absolute Gasteiger partial charge is 0.326 e. The molecule has 4 atom stereocenters. The summed E-state index contributed by atoms with van der Waals surface area (Å²) in [7, 11) is 0. The number of primary amides is 1. The molecule has 0 aromatic heterocycles. The fourth-order valence-electron chi connectivity index (χ4n) is 2.70. The Bertz CT molecular complexity index is 800. The number of aliphatic carboxylic acids is 3. The highest BCUT2D eigenvalue weighted by Crippen LogP contribution is 2.07. The van der Waals surface area contributed by atoms with Gasteiger partial charge in [0.05, 0.1) is 12.5 Å². The van der Waals surface area contributed by atoms with Gasteiger partial charge in [-0.2, -0.15) is 0 Å². The Morgan fingerprint density at radius 2 is 1.21 bits per heavy atom. The highest BCUT2D eigenvalue weighted by molar-refractivity contribution is 5.95. The van der Waals surface area contributed by atoms with E-state index < -0.39 is 104 Å². The van der Waals surface area contributed by atoms with Gasteiger partial charge in [-0.15, -0.1) is 0 Å². The molecule has 0 aromatic rings. The number of carbonyl (C=O) groups excluding carboxylic acids is 4. The second kappa shape index (κ2) is 14.4. The fraction of sp³-hybridized carbons (Fsp3) is 0.632. The predicted octanol–water partition coefficient (Wildman–Crippen LogP) is -2.89. The van der Waals surface area contributed by atoms with Crippen LogP contribution in [0, 0.1) is 5.92 Å². The first kappa shape index (κ1) is 30.2. The van der Waals surface area contributed by atoms with Crippen LogP contribution in [0.5, 0.6) is 0 Å². The number of nitrogens with two attached hydrogens (primary N) is 2. The summed E-state index contributed by atoms with van der Waals surface area (Å²) in [5, 5.41) is 33.6. The number of carbonyl (C=O) groups is 7. The van der Waals surface area contributed by atoms with E-state index in [1.165, 1.54) is 0 Å². The summed E-state index contributed by atoms with van der Waals surface area (Å²) in [6.45, 7) is 3.12. The lowest BCUT2D eigenvalue weighted by atomic mass is 10.0. The van der Waals surface area contributed by atoms with Gasteiger partial charge in [0.15, 0.2) is 0 Å². The van der Waals surface area contributed by atoms with Crippen molar-refractivity contribution >= 4 is 41.5 Å². The van der Waals surface area contributed by atoms with E-state index in [1.807, 2.05) is 0 Å². The second-order valence-electron chi connectivity index (χ2n) is 7.83. The quantitative estimate of drug-likeness (QED) is 0.109. The lowest BCUT2D eigenvalue weighted by molar-refractivity contribution is -0.144. The number of rotatable bonds is 16. The van der Waals surface area contributed by atoms with E-state index in [0.717, 1.165) is 0 Å². The summed E-state index contributed by atoms with van der Waals surface area (Å²) in [5.41, 5.74) is 10.6. The van der Waals surface area contributed by atoms with Crippen molar-refractivity contribution in [1.82, 2.24) is 16.0 Å². The third-order valence-electron chi connectivity index (χ3n) is 4.55. The molecule has 0 radical (unpaired) electrons. The van der Waals surface area contributed by atoms with Crippen LogP contribution in [-0.4, -0.2) is 81.0 Å². The molecule has 0 aliphatic heterocycles. The number of hydrogen-bond donors (Lipinski definition) is 8. The van der Waals surface area contributed by atoms with E-state index in [2.05, 4.69) is 16.0 Å². The molecule has 0 fully saturated rings. The van der Waals surface area contributed by atoms with E-state index in [1.54, 1.807) is 13.8 Å². The molecule has 15 nitrogen and oxygen atoms in total. The van der Waals surface area contributed by atoms with Crippen molar-refractivity contribution in [2.45, 2.75) is 70.1 Å². The first-order valence-corrected chi connectivity index (χ1v) is 10.3. The first-order chi connectivity index (χ1) is 15.6. The van der Waals surface area contributed by atoms with E-state index >= 15 is 0 Å². The molecule has 15 heteroatoms. The predicted molar refractivity (Wildman–Crippen MR) is 114 cm³/mol. The van der Waals surface area contributed by atoms with Crippen LogP contribution in [0.25, 0.3) is 0 Å². The maximum Gasteiger partial charge on any atom is 0.326 e. The number of nitrogens with one attached hydrogen (secondary N) is 3. The molecule has 192 valence electrons. The Morgan fingerprint density at radius 1 is 0.735 bits per heavy atom. The maximum atomic E-state index is 12.8. The van der Waals surface area contributed by atoms with Crippen molar-refractivity contribution in [2.24, 2.45) is 17.4 Å². The minimum Gasteiger partial charge on any atom is -0.481 e. The Morgan fingerprint density at radius 3 is 1.62 bits per heavy atom. The summed E-state index contributed by atoms with van der Waals surface area (Å²) in [5.74, 6) is -8.28. The molecular weight excluding hydrogens is 458 g/mol. The summed E-state index contributed by atoms with van der Waals surface area (Å²) in [6.07, 6.45) is -2.46. The minimum atomic E-state index is -1.60. The molecule has 0 aliphatic carbocycles. The van der Waals surface area contributed by atoms with Crippen LogP contribution in [0.15, 0.2) is 0 Å². The van der Waals surface area contributed by atoms with Gasteiger partial charge in [0.2, 0.25) is 23.6 Å². The van der Waals surface area contributed by atoms with Gasteiger partial charge in [0, 0.05) is 12.8 Å². The third kappa shape index (κ3) is 11.8. The third-order valence-corrected chi connectivity index (χ3v) is 4.55. The van der Waals surface area contributed by atoms with E-state index in [0.29, 0.717) is 0 Å². The molecule has 34 heavy (non-hydrogen) atoms. The molecule has 0 aromatic carbocycles. The number of amides is 4. The standard InChI is InChI=1S/C19H31N5O10/c1-8(2)15(24-16(30)9(20)7-12(21)25)18(32)22-10(3-5-13(26)27)17(31)23-11(19(33)34)4-6-14(28)29/h8-11,15H,3-7,20H2,1-2H3,(H2,21,25)(H,22,32)(H,23,31)(H,24,30)(H,26,27)(H,28,29)(H,33,34). The molecule has 4 amide bonds. The van der Waals surface area contributed by atoms with Crippen LogP contribution in [0.4, 0.5) is 0 Å². The SMILES string of the molecule is CC(C)C(NC(=O)C(N)CC(N)=O)C(=O)NC(CCC(=O)O)C(=O)NC(CCC(=O)O)C(=O)O. The highest BCUT2D eigenvalue weighted by Gasteiger charge is 2.32. The van der Waals surface area contributed by atoms with Crippen molar-refractivity contribution < 1.29 is 48.9 Å². The van der Waals surface area contributed by atoms with Crippen LogP contribution >= 0.6 is 0 Å². The van der Waals surface area contributed by atoms with Gasteiger partial charge >= 0.3 is 17.9 Å². The Hall–Kier alpha value is -3.75. The molecule has 0 saturated carbocycles. The van der Waals surface area contributed by atoms with E-state index in [-0.39, 0.29) is 0 Å². The van der Waals surface area contributed by atoms with Gasteiger partial charge in [0.25, 0.3) is 0 Å². The molecule has 0 heterocycles. The molecular formula is C19H31N5O10. The second-order valence-corrected chi connectivity index (χ2v) is 7.83. The van der Waals surface area contributed by atoms with Gasteiger partial charge in [-0.3, -0.25) is 28.8 Å². The normalized spacial score (nSPS) is 14.2. The van der Waals surface area contributed by atoms with Crippen LogP contribution < -0.4 is 27.4 Å². The topological polar surface area (TPSA) is 268 Å². The molecule has 0 rings (SSSR count). The van der Waals surface area contributed by atoms with Crippen molar-refractivity contribution in [2.75, 3.05) is 0 Å². The zero-order valence-corrected chi connectivity index (χ0v) is 18.8. The average Bonchev–Trinajstić information content (AvgIpc) is 2.70. The molecule has 0 spiro atoms. The number of hydrogen-bond acceptors (Lipinski definition) is 8. The average molecular weight is 489 g/mol. The zero-order chi connectivity index (χ0) is 26.6. The van der Waals surface area contributed by atoms with Gasteiger partial charge in [-0.05, 0) is 18.8 Å². The monoisotopic (exact) mass is 489 g/mol. The molecule has 10 N–H and O–H groups in total. The van der Waals surface area contributed by atoms with Crippen molar-refractivity contribution in [3.05, 3.63) is 0 Å². The Kier molecular flexibility index (Phi) is 12.8. The van der Waals surface area contributed by atoms with Gasteiger partial charge in [0.1, 0.15) is 18.1 Å². The van der Waals surface area contributed by atoms with Crippen molar-refractivity contribution in [3.63, 3.8) is 0 Å². The lowest BCUT2D eigenvalue weighted by Gasteiger charge is -2.26. The van der Waals surface area contributed by atoms with Crippen LogP contribution in [-0.2, 0) is 33.6 Å². The first-order valence-electron chi connectivity index (χ1n) is 10.3. The van der Waals surface area contributed by atoms with Crippen LogP contribution in [0.1, 0.15) is 46.0 Å². The molecule has 0 saturated heterocycles. The number of carboxylic acids is 3. The van der Waals surface area contributed by atoms with Crippen molar-refractivity contribution in [3.8, 4) is 0 Å². The van der Waals surface area contributed by atoms with Crippen LogP contribution in [0.2, 0.25) is 0 Å². The molecule has 0 aliphatic rings. The maximum absolute atomic E-state index is 12.8. The van der Waals surface area contributed by atoms with Gasteiger partial charge in [-0.25, -0.2) is 4.79 Å². The van der Waals surface area contributed by atoms with Crippen LogP contribution in [0.3, 0.4) is 0 Å². The lowest BCUT2D eigenvalue weighted by Crippen LogP contribution is -2.58. The Labute approximate surface area is 194 Å². The van der Waals surface area contributed by atoms with E-state index in [4.69, 9.17) is 21.7 Å². The largest absolute Gasteiger partial charge is 0.481 e. The van der Waals surface area contributed by atoms with Gasteiger partial charge in [-0.1, -0.05) is 13.8 Å². The molecule has 4 unspecified atom stereocenters.